The summed E-state index contributed by atoms with van der Waals surface area (Å²) in [6.07, 6.45) is 3.88. The third-order valence-electron chi connectivity index (χ3n) is 3.17. The van der Waals surface area contributed by atoms with Crippen LogP contribution in [0.5, 0.6) is 0 Å². The van der Waals surface area contributed by atoms with Crippen LogP contribution in [0, 0.1) is 5.92 Å². The van der Waals surface area contributed by atoms with Gasteiger partial charge in [0.15, 0.2) is 0 Å². The molecule has 1 saturated heterocycles. The average molecular weight is 302 g/mol. The number of hydrogen-bond acceptors (Lipinski definition) is 1. The zero-order valence-electron chi connectivity index (χ0n) is 11.0. The minimum atomic E-state index is 0.222. The molecule has 1 aliphatic rings. The zero-order chi connectivity index (χ0) is 11.9. The molecule has 0 N–H and O–H groups in total. The van der Waals surface area contributed by atoms with Crippen LogP contribution in [0.2, 0.25) is 0 Å². The van der Waals surface area contributed by atoms with E-state index >= 15 is 0 Å². The first kappa shape index (κ1) is 13.6. The quantitative estimate of drug-likeness (QED) is 0.707. The molecule has 0 aromatic rings. The van der Waals surface area contributed by atoms with E-state index in [0.29, 0.717) is 5.54 Å². The fourth-order valence-corrected chi connectivity index (χ4v) is 4.37. The molecule has 0 aliphatic carbocycles. The van der Waals surface area contributed by atoms with Crippen molar-refractivity contribution in [3.63, 3.8) is 0 Å². The van der Waals surface area contributed by atoms with E-state index in [-0.39, 0.29) is 5.54 Å². The van der Waals surface area contributed by atoms with Crippen molar-refractivity contribution >= 4 is 4.11 Å². The van der Waals surface area contributed by atoms with Gasteiger partial charge >= 0.3 is 106 Å². The molecule has 0 aromatic heterocycles. The fourth-order valence-electron chi connectivity index (χ4n) is 2.99. The SMILES string of the molecule is CCCC1CC(C)(C)N(C(C)(C)C)[C]1=[Pd]. The molecule has 2 heteroatoms. The molecular weight excluding hydrogens is 277 g/mol. The van der Waals surface area contributed by atoms with E-state index in [1.165, 1.54) is 23.4 Å². The van der Waals surface area contributed by atoms with Crippen LogP contribution < -0.4 is 0 Å². The molecule has 0 amide bonds. The molecular formula is C13H25NPd. The van der Waals surface area contributed by atoms with Crippen LogP contribution in [-0.4, -0.2) is 20.1 Å². The van der Waals surface area contributed by atoms with Crippen molar-refractivity contribution in [3.05, 3.63) is 0 Å². The van der Waals surface area contributed by atoms with Crippen LogP contribution in [0.3, 0.4) is 0 Å². The topological polar surface area (TPSA) is 3.24 Å². The maximum atomic E-state index is 3.53. The van der Waals surface area contributed by atoms with Crippen molar-refractivity contribution in [3.8, 4) is 0 Å². The molecule has 0 bridgehead atoms. The van der Waals surface area contributed by atoms with Gasteiger partial charge in [0.25, 0.3) is 0 Å². The van der Waals surface area contributed by atoms with Crippen LogP contribution >= 0.6 is 0 Å². The van der Waals surface area contributed by atoms with E-state index in [1.54, 1.807) is 0 Å². The molecule has 0 aromatic carbocycles. The normalized spacial score (nSPS) is 27.5. The van der Waals surface area contributed by atoms with Gasteiger partial charge in [0.2, 0.25) is 0 Å². The zero-order valence-corrected chi connectivity index (χ0v) is 12.5. The molecule has 92 valence electrons. The molecule has 15 heavy (non-hydrogen) atoms. The van der Waals surface area contributed by atoms with Crippen molar-refractivity contribution in [1.29, 1.82) is 0 Å². The van der Waals surface area contributed by atoms with Crippen LogP contribution in [0.4, 0.5) is 0 Å². The summed E-state index contributed by atoms with van der Waals surface area (Å²) in [4.78, 5) is 2.57. The molecule has 1 nitrogen and oxygen atoms in total. The van der Waals surface area contributed by atoms with E-state index < -0.39 is 0 Å². The standard InChI is InChI=1S/C13H25N.Pd/c1-7-8-11-9-13(5,6)14(10-11)12(2,3)4;/h11H,7-9H2,1-6H3;. The Morgan fingerprint density at radius 1 is 1.40 bits per heavy atom. The second-order valence-corrected chi connectivity index (χ2v) is 7.10. The van der Waals surface area contributed by atoms with E-state index in [9.17, 15) is 0 Å². The fraction of sp³-hybridized carbons (Fsp3) is 0.923. The Hall–Kier alpha value is 0.492. The van der Waals surface area contributed by atoms with Crippen molar-refractivity contribution < 1.29 is 18.7 Å². The van der Waals surface area contributed by atoms with Gasteiger partial charge in [-0.3, -0.25) is 0 Å². The van der Waals surface area contributed by atoms with Gasteiger partial charge in [-0.2, -0.15) is 0 Å². The summed E-state index contributed by atoms with van der Waals surface area (Å²) in [6, 6.07) is 0. The van der Waals surface area contributed by atoms with Gasteiger partial charge in [-0.25, -0.2) is 0 Å². The molecule has 0 spiro atoms. The Kier molecular flexibility index (Phi) is 3.97. The Balaban J connectivity index is 2.92. The van der Waals surface area contributed by atoms with Gasteiger partial charge in [0.05, 0.1) is 0 Å². The monoisotopic (exact) mass is 301 g/mol. The molecule has 1 heterocycles. The van der Waals surface area contributed by atoms with Crippen molar-refractivity contribution in [1.82, 2.24) is 4.90 Å². The first-order chi connectivity index (χ1) is 6.70. The summed E-state index contributed by atoms with van der Waals surface area (Å²) >= 11 is 3.53. The number of nitrogens with zero attached hydrogens (tertiary/aromatic N) is 1. The second-order valence-electron chi connectivity index (χ2n) is 6.30. The van der Waals surface area contributed by atoms with Crippen molar-refractivity contribution in [2.75, 3.05) is 0 Å². The predicted octanol–water partition coefficient (Wildman–Crippen LogP) is 3.36. The first-order valence-electron chi connectivity index (χ1n) is 5.99. The van der Waals surface area contributed by atoms with Gasteiger partial charge in [-0.1, -0.05) is 0 Å². The Labute approximate surface area is 106 Å². The number of rotatable bonds is 2. The summed E-state index contributed by atoms with van der Waals surface area (Å²) in [7, 11) is 0. The molecule has 1 atom stereocenters. The van der Waals surface area contributed by atoms with E-state index in [2.05, 4.69) is 65.2 Å². The summed E-state index contributed by atoms with van der Waals surface area (Å²) in [5, 5.41) is 0. The Morgan fingerprint density at radius 3 is 2.27 bits per heavy atom. The van der Waals surface area contributed by atoms with Gasteiger partial charge in [-0.15, -0.1) is 0 Å². The third-order valence-corrected chi connectivity index (χ3v) is 4.15. The van der Waals surface area contributed by atoms with Gasteiger partial charge in [-0.05, 0) is 0 Å². The molecule has 1 fully saturated rings. The minimum absolute atomic E-state index is 0.222. The summed E-state index contributed by atoms with van der Waals surface area (Å²) < 4.78 is 1.46. The van der Waals surface area contributed by atoms with Crippen molar-refractivity contribution in [2.45, 2.75) is 71.9 Å². The molecule has 1 aliphatic heterocycles. The second kappa shape index (κ2) is 4.40. The first-order valence-corrected chi connectivity index (χ1v) is 6.77. The Morgan fingerprint density at radius 2 is 1.93 bits per heavy atom. The molecule has 0 saturated carbocycles. The van der Waals surface area contributed by atoms with Crippen LogP contribution in [0.25, 0.3) is 0 Å². The van der Waals surface area contributed by atoms with Crippen LogP contribution in [-0.2, 0) is 18.7 Å². The van der Waals surface area contributed by atoms with Crippen LogP contribution in [0.1, 0.15) is 60.8 Å². The summed E-state index contributed by atoms with van der Waals surface area (Å²) in [5.41, 5.74) is 0.520. The molecule has 1 unspecified atom stereocenters. The predicted molar refractivity (Wildman–Crippen MR) is 63.7 cm³/mol. The number of hydrogen-bond donors (Lipinski definition) is 0. The number of likely N-dealkylation sites (tertiary alicyclic amines) is 1. The van der Waals surface area contributed by atoms with E-state index in [0.717, 1.165) is 5.92 Å². The van der Waals surface area contributed by atoms with E-state index in [1.807, 2.05) is 0 Å². The molecule has 1 rings (SSSR count). The van der Waals surface area contributed by atoms with Gasteiger partial charge < -0.3 is 0 Å². The van der Waals surface area contributed by atoms with Crippen LogP contribution in [0.15, 0.2) is 0 Å². The summed E-state index contributed by atoms with van der Waals surface area (Å²) in [6.45, 7) is 13.9. The third kappa shape index (κ3) is 2.79. The van der Waals surface area contributed by atoms with Crippen molar-refractivity contribution in [2.24, 2.45) is 5.92 Å². The average Bonchev–Trinajstić information content (AvgIpc) is 2.20. The van der Waals surface area contributed by atoms with Gasteiger partial charge in [0.1, 0.15) is 0 Å². The molecule has 0 radical (unpaired) electrons. The Bertz CT molecular complexity index is 250. The van der Waals surface area contributed by atoms with Gasteiger partial charge in [0, 0.05) is 0 Å². The summed E-state index contributed by atoms with van der Waals surface area (Å²) in [5.74, 6) is 0.743. The maximum absolute atomic E-state index is 3.53. The van der Waals surface area contributed by atoms with E-state index in [4.69, 9.17) is 0 Å².